The van der Waals surface area contributed by atoms with Gasteiger partial charge in [-0.25, -0.2) is 4.79 Å². The Morgan fingerprint density at radius 2 is 2.50 bits per heavy atom. The molecule has 0 aromatic heterocycles. The molecule has 0 aromatic carbocycles. The molecule has 1 heterocycles. The van der Waals surface area contributed by atoms with Gasteiger partial charge in [0.25, 0.3) is 0 Å². The van der Waals surface area contributed by atoms with Crippen LogP contribution in [-0.4, -0.2) is 41.1 Å². The van der Waals surface area contributed by atoms with Gasteiger partial charge in [-0.1, -0.05) is 0 Å². The lowest BCUT2D eigenvalue weighted by molar-refractivity contribution is -0.131. The van der Waals surface area contributed by atoms with E-state index in [9.17, 15) is 9.59 Å². The number of carboxylic acid groups (broad SMARTS) is 1. The first-order chi connectivity index (χ1) is 6.52. The molecule has 1 rings (SSSR count). The van der Waals surface area contributed by atoms with Crippen LogP contribution >= 0.6 is 0 Å². The smallest absolute Gasteiger partial charge is 0.405 e. The van der Waals surface area contributed by atoms with Gasteiger partial charge >= 0.3 is 6.09 Å². The summed E-state index contributed by atoms with van der Waals surface area (Å²) in [7, 11) is 1.63. The summed E-state index contributed by atoms with van der Waals surface area (Å²) in [6.45, 7) is 0.529. The van der Waals surface area contributed by atoms with E-state index in [4.69, 9.17) is 11.5 Å². The van der Waals surface area contributed by atoms with E-state index in [1.165, 1.54) is 4.90 Å². The summed E-state index contributed by atoms with van der Waals surface area (Å²) in [5.41, 5.74) is -1.10. The molecule has 5 heteroatoms. The minimum absolute atomic E-state index is 0.0997. The maximum absolute atomic E-state index is 11.7. The number of terminal acetylenes is 1. The van der Waals surface area contributed by atoms with Gasteiger partial charge in [-0.3, -0.25) is 4.79 Å². The molecule has 1 atom stereocenters. The van der Waals surface area contributed by atoms with Gasteiger partial charge in [0.05, 0.1) is 0 Å². The topological polar surface area (TPSA) is 69.6 Å². The number of carbonyl (C=O) groups excluding carboxylic acids is 1. The molecule has 1 aliphatic heterocycles. The van der Waals surface area contributed by atoms with Crippen molar-refractivity contribution in [1.29, 1.82) is 0 Å². The molecular formula is C9H12N2O3. The summed E-state index contributed by atoms with van der Waals surface area (Å²) < 4.78 is 0. The molecule has 14 heavy (non-hydrogen) atoms. The molecule has 0 bridgehead atoms. The molecule has 0 aromatic rings. The van der Waals surface area contributed by atoms with Gasteiger partial charge in [-0.2, -0.15) is 0 Å². The molecule has 0 radical (unpaired) electrons. The van der Waals surface area contributed by atoms with Crippen molar-refractivity contribution < 1.29 is 14.7 Å². The largest absolute Gasteiger partial charge is 0.465 e. The van der Waals surface area contributed by atoms with Crippen LogP contribution in [0.25, 0.3) is 0 Å². The molecular weight excluding hydrogens is 184 g/mol. The number of hydrogen-bond donors (Lipinski definition) is 2. The Balaban J connectivity index is 2.89. The Bertz CT molecular complexity index is 308. The highest BCUT2D eigenvalue weighted by molar-refractivity contribution is 5.91. The maximum Gasteiger partial charge on any atom is 0.405 e. The lowest BCUT2D eigenvalue weighted by Gasteiger charge is -2.24. The molecule has 1 aliphatic rings. The van der Waals surface area contributed by atoms with Crippen LogP contribution in [0.1, 0.15) is 12.8 Å². The number of likely N-dealkylation sites (N-methyl/N-ethyl adjacent to an activating group) is 1. The Morgan fingerprint density at radius 3 is 2.86 bits per heavy atom. The molecule has 1 saturated heterocycles. The Kier molecular flexibility index (Phi) is 2.65. The monoisotopic (exact) mass is 196 g/mol. The Hall–Kier alpha value is -1.70. The van der Waals surface area contributed by atoms with E-state index < -0.39 is 11.6 Å². The van der Waals surface area contributed by atoms with Crippen molar-refractivity contribution in [3.8, 4) is 12.3 Å². The third kappa shape index (κ3) is 1.64. The van der Waals surface area contributed by atoms with Crippen molar-refractivity contribution >= 4 is 12.0 Å². The highest BCUT2D eigenvalue weighted by atomic mass is 16.4. The summed E-state index contributed by atoms with van der Waals surface area (Å²) in [6, 6.07) is 0. The van der Waals surface area contributed by atoms with Crippen LogP contribution in [0.5, 0.6) is 0 Å². The molecule has 0 spiro atoms. The average molecular weight is 196 g/mol. The number of nitrogens with one attached hydrogen (secondary N) is 1. The molecule has 0 saturated carbocycles. The van der Waals surface area contributed by atoms with Gasteiger partial charge in [-0.05, 0) is 6.42 Å². The zero-order chi connectivity index (χ0) is 10.8. The lowest BCUT2D eigenvalue weighted by atomic mass is 9.94. The average Bonchev–Trinajstić information content (AvgIpc) is 2.34. The predicted molar refractivity (Wildman–Crippen MR) is 49.6 cm³/mol. The number of nitrogens with zero attached hydrogens (tertiary/aromatic N) is 1. The second-order valence-corrected chi connectivity index (χ2v) is 3.37. The highest BCUT2D eigenvalue weighted by Gasteiger charge is 2.46. The van der Waals surface area contributed by atoms with Crippen molar-refractivity contribution in [1.82, 2.24) is 10.2 Å². The standard InChI is InChI=1S/C9H12N2O3/c1-3-4-9(10-8(13)14)5-6-11(2)7(9)12/h1,10H,4-6H2,2H3,(H,13,14)/t9-/m1/s1. The first-order valence-electron chi connectivity index (χ1n) is 4.22. The van der Waals surface area contributed by atoms with Crippen LogP contribution < -0.4 is 5.32 Å². The summed E-state index contributed by atoms with van der Waals surface area (Å²) in [5.74, 6) is 2.08. The van der Waals surface area contributed by atoms with Crippen molar-refractivity contribution in [3.63, 3.8) is 0 Å². The molecule has 5 nitrogen and oxygen atoms in total. The lowest BCUT2D eigenvalue weighted by Crippen LogP contribution is -2.53. The molecule has 2 amide bonds. The second-order valence-electron chi connectivity index (χ2n) is 3.37. The predicted octanol–water partition coefficient (Wildman–Crippen LogP) is -0.122. The maximum atomic E-state index is 11.7. The second kappa shape index (κ2) is 3.58. The third-order valence-electron chi connectivity index (χ3n) is 2.38. The van der Waals surface area contributed by atoms with Crippen molar-refractivity contribution in [2.24, 2.45) is 0 Å². The zero-order valence-electron chi connectivity index (χ0n) is 7.91. The van der Waals surface area contributed by atoms with E-state index in [2.05, 4.69) is 11.2 Å². The molecule has 0 aliphatic carbocycles. The van der Waals surface area contributed by atoms with Gasteiger partial charge in [0.15, 0.2) is 0 Å². The fourth-order valence-electron chi connectivity index (χ4n) is 1.64. The molecule has 76 valence electrons. The van der Waals surface area contributed by atoms with E-state index in [0.29, 0.717) is 13.0 Å². The van der Waals surface area contributed by atoms with Crippen LogP contribution in [0.4, 0.5) is 4.79 Å². The number of carbonyl (C=O) groups is 2. The molecule has 0 unspecified atom stereocenters. The van der Waals surface area contributed by atoms with Gasteiger partial charge in [0.2, 0.25) is 5.91 Å². The third-order valence-corrected chi connectivity index (χ3v) is 2.38. The Labute approximate surface area is 82.1 Å². The number of rotatable bonds is 2. The number of hydrogen-bond acceptors (Lipinski definition) is 2. The zero-order valence-corrected chi connectivity index (χ0v) is 7.91. The minimum atomic E-state index is -1.22. The summed E-state index contributed by atoms with van der Waals surface area (Å²) in [5, 5.41) is 10.8. The van der Waals surface area contributed by atoms with Crippen LogP contribution in [0, 0.1) is 12.3 Å². The van der Waals surface area contributed by atoms with E-state index >= 15 is 0 Å². The van der Waals surface area contributed by atoms with Crippen molar-refractivity contribution in [2.45, 2.75) is 18.4 Å². The van der Waals surface area contributed by atoms with Crippen molar-refractivity contribution in [2.75, 3.05) is 13.6 Å². The summed E-state index contributed by atoms with van der Waals surface area (Å²) >= 11 is 0. The van der Waals surface area contributed by atoms with Crippen LogP contribution in [0.3, 0.4) is 0 Å². The van der Waals surface area contributed by atoms with E-state index in [-0.39, 0.29) is 12.3 Å². The first kappa shape index (κ1) is 10.4. The van der Waals surface area contributed by atoms with Gasteiger partial charge in [0.1, 0.15) is 5.54 Å². The summed E-state index contributed by atoms with van der Waals surface area (Å²) in [6.07, 6.45) is 4.43. The quantitative estimate of drug-likeness (QED) is 0.605. The minimum Gasteiger partial charge on any atom is -0.465 e. The normalized spacial score (nSPS) is 26.0. The first-order valence-corrected chi connectivity index (χ1v) is 4.22. The van der Waals surface area contributed by atoms with Gasteiger partial charge < -0.3 is 15.3 Å². The van der Waals surface area contributed by atoms with E-state index in [1.807, 2.05) is 0 Å². The van der Waals surface area contributed by atoms with Crippen LogP contribution in [0.2, 0.25) is 0 Å². The molecule has 2 N–H and O–H groups in total. The van der Waals surface area contributed by atoms with Gasteiger partial charge in [-0.15, -0.1) is 12.3 Å². The van der Waals surface area contributed by atoms with E-state index in [1.54, 1.807) is 7.05 Å². The number of likely N-dealkylation sites (tertiary alicyclic amines) is 1. The van der Waals surface area contributed by atoms with Crippen LogP contribution in [-0.2, 0) is 4.79 Å². The van der Waals surface area contributed by atoms with Gasteiger partial charge in [0, 0.05) is 20.0 Å². The Morgan fingerprint density at radius 1 is 1.86 bits per heavy atom. The highest BCUT2D eigenvalue weighted by Crippen LogP contribution is 2.24. The fourth-order valence-corrected chi connectivity index (χ4v) is 1.64. The summed E-state index contributed by atoms with van der Waals surface area (Å²) in [4.78, 5) is 23.7. The van der Waals surface area contributed by atoms with E-state index in [0.717, 1.165) is 0 Å². The van der Waals surface area contributed by atoms with Crippen LogP contribution in [0.15, 0.2) is 0 Å². The molecule has 1 fully saturated rings. The fraction of sp³-hybridized carbons (Fsp3) is 0.556. The van der Waals surface area contributed by atoms with Crippen molar-refractivity contribution in [3.05, 3.63) is 0 Å². The number of amides is 2. The SMILES string of the molecule is C#CC[C@@]1(NC(=O)O)CCN(C)C1=O.